The molecule has 0 aliphatic rings. The Hall–Kier alpha value is -0.370. The molecule has 0 radical (unpaired) electrons. The van der Waals surface area contributed by atoms with Crippen LogP contribution in [0.15, 0.2) is 0 Å². The number of unbranched alkanes of at least 4 members (excludes halogenated alkanes) is 1. The third kappa shape index (κ3) is 5.09. The van der Waals surface area contributed by atoms with E-state index in [1.165, 1.54) is 19.3 Å². The summed E-state index contributed by atoms with van der Waals surface area (Å²) in [5.74, 6) is 0.854. The van der Waals surface area contributed by atoms with Crippen molar-refractivity contribution in [1.82, 2.24) is 0 Å². The summed E-state index contributed by atoms with van der Waals surface area (Å²) in [6, 6.07) is 0. The van der Waals surface area contributed by atoms with E-state index in [0.29, 0.717) is 24.7 Å². The minimum absolute atomic E-state index is 0.317. The smallest absolute Gasteiger partial charge is 0.164 e. The molecule has 0 aliphatic carbocycles. The van der Waals surface area contributed by atoms with Crippen molar-refractivity contribution < 1.29 is 9.53 Å². The molecule has 0 amide bonds. The molecule has 0 N–H and O–H groups in total. The van der Waals surface area contributed by atoms with Crippen LogP contribution in [-0.2, 0) is 9.53 Å². The van der Waals surface area contributed by atoms with Crippen LogP contribution >= 0.6 is 0 Å². The molecule has 2 heteroatoms. The topological polar surface area (TPSA) is 26.3 Å². The molecular formula is C16H32O2. The highest BCUT2D eigenvalue weighted by molar-refractivity contribution is 5.87. The van der Waals surface area contributed by atoms with E-state index >= 15 is 0 Å². The van der Waals surface area contributed by atoms with Gasteiger partial charge in [-0.15, -0.1) is 0 Å². The van der Waals surface area contributed by atoms with Crippen LogP contribution in [0.3, 0.4) is 0 Å². The van der Waals surface area contributed by atoms with Gasteiger partial charge in [-0.1, -0.05) is 53.4 Å². The number of hydrogen-bond donors (Lipinski definition) is 0. The predicted molar refractivity (Wildman–Crippen MR) is 77.9 cm³/mol. The summed E-state index contributed by atoms with van der Waals surface area (Å²) in [4.78, 5) is 12.5. The van der Waals surface area contributed by atoms with Gasteiger partial charge in [-0.2, -0.15) is 0 Å². The minimum Gasteiger partial charge on any atom is -0.368 e. The highest BCUT2D eigenvalue weighted by Gasteiger charge is 2.35. The Bertz CT molecular complexity index is 219. The van der Waals surface area contributed by atoms with Gasteiger partial charge in [-0.05, 0) is 25.7 Å². The number of ether oxygens (including phenoxy) is 1. The van der Waals surface area contributed by atoms with Crippen LogP contribution in [0, 0.1) is 5.92 Å². The molecule has 1 atom stereocenters. The Morgan fingerprint density at radius 1 is 1.11 bits per heavy atom. The Balaban J connectivity index is 4.56. The van der Waals surface area contributed by atoms with Crippen molar-refractivity contribution in [2.75, 3.05) is 6.61 Å². The average molecular weight is 256 g/mol. The van der Waals surface area contributed by atoms with E-state index in [-0.39, 0.29) is 0 Å². The Labute approximate surface area is 113 Å². The molecule has 0 aromatic heterocycles. The number of carbonyl (C=O) groups is 1. The van der Waals surface area contributed by atoms with Crippen molar-refractivity contribution in [2.45, 2.75) is 85.2 Å². The second-order valence-corrected chi connectivity index (χ2v) is 5.18. The summed E-state index contributed by atoms with van der Waals surface area (Å²) in [7, 11) is 0. The van der Waals surface area contributed by atoms with Crippen LogP contribution in [0.2, 0.25) is 0 Å². The molecular weight excluding hydrogens is 224 g/mol. The van der Waals surface area contributed by atoms with Crippen LogP contribution in [0.1, 0.15) is 79.6 Å². The Kier molecular flexibility index (Phi) is 9.35. The molecule has 18 heavy (non-hydrogen) atoms. The second-order valence-electron chi connectivity index (χ2n) is 5.18. The van der Waals surface area contributed by atoms with Gasteiger partial charge in [0, 0.05) is 13.0 Å². The standard InChI is InChI=1S/C16H32O2/c1-6-11-12-14(7-2)13-15(17)16(8-3,9-4)18-10-5/h14H,6-13H2,1-5H3. The monoisotopic (exact) mass is 256 g/mol. The normalized spacial score (nSPS) is 13.6. The molecule has 0 saturated heterocycles. The fourth-order valence-electron chi connectivity index (χ4n) is 2.60. The minimum atomic E-state index is -0.519. The number of Topliss-reactive ketones (excluding diaryl/α,β-unsaturated/α-hetero) is 1. The van der Waals surface area contributed by atoms with Gasteiger partial charge in [0.05, 0.1) is 0 Å². The second kappa shape index (κ2) is 9.55. The maximum Gasteiger partial charge on any atom is 0.164 e. The average Bonchev–Trinajstić information content (AvgIpc) is 2.40. The van der Waals surface area contributed by atoms with Crippen molar-refractivity contribution in [1.29, 1.82) is 0 Å². The van der Waals surface area contributed by atoms with Crippen LogP contribution in [0.25, 0.3) is 0 Å². The van der Waals surface area contributed by atoms with Crippen molar-refractivity contribution in [2.24, 2.45) is 5.92 Å². The van der Waals surface area contributed by atoms with Gasteiger partial charge < -0.3 is 4.74 Å². The first-order chi connectivity index (χ1) is 8.60. The van der Waals surface area contributed by atoms with Crippen molar-refractivity contribution in [3.63, 3.8) is 0 Å². The fourth-order valence-corrected chi connectivity index (χ4v) is 2.60. The van der Waals surface area contributed by atoms with E-state index in [0.717, 1.165) is 19.3 Å². The lowest BCUT2D eigenvalue weighted by Crippen LogP contribution is -2.41. The largest absolute Gasteiger partial charge is 0.368 e. The molecule has 0 aromatic rings. The molecule has 0 spiro atoms. The lowest BCUT2D eigenvalue weighted by atomic mass is 9.84. The summed E-state index contributed by atoms with van der Waals surface area (Å²) in [5.41, 5.74) is -0.519. The summed E-state index contributed by atoms with van der Waals surface area (Å²) in [6.07, 6.45) is 6.99. The van der Waals surface area contributed by atoms with E-state index in [9.17, 15) is 4.79 Å². The lowest BCUT2D eigenvalue weighted by molar-refractivity contribution is -0.146. The molecule has 0 aliphatic heterocycles. The van der Waals surface area contributed by atoms with E-state index < -0.39 is 5.60 Å². The van der Waals surface area contributed by atoms with Gasteiger partial charge in [0.15, 0.2) is 5.78 Å². The van der Waals surface area contributed by atoms with E-state index in [1.807, 2.05) is 6.92 Å². The molecule has 0 bridgehead atoms. The highest BCUT2D eigenvalue weighted by atomic mass is 16.5. The van der Waals surface area contributed by atoms with E-state index in [2.05, 4.69) is 27.7 Å². The van der Waals surface area contributed by atoms with Gasteiger partial charge in [-0.25, -0.2) is 0 Å². The summed E-state index contributed by atoms with van der Waals surface area (Å²) in [5, 5.41) is 0. The molecule has 0 aromatic carbocycles. The third-order valence-corrected chi connectivity index (χ3v) is 4.09. The maximum absolute atomic E-state index is 12.5. The first kappa shape index (κ1) is 17.6. The third-order valence-electron chi connectivity index (χ3n) is 4.09. The number of ketones is 1. The number of hydrogen-bond acceptors (Lipinski definition) is 2. The molecule has 0 fully saturated rings. The quantitative estimate of drug-likeness (QED) is 0.533. The number of rotatable bonds is 11. The highest BCUT2D eigenvalue weighted by Crippen LogP contribution is 2.27. The Morgan fingerprint density at radius 2 is 1.72 bits per heavy atom. The van der Waals surface area contributed by atoms with Crippen molar-refractivity contribution >= 4 is 5.78 Å². The van der Waals surface area contributed by atoms with Crippen LogP contribution in [0.4, 0.5) is 0 Å². The molecule has 0 heterocycles. The zero-order valence-electron chi connectivity index (χ0n) is 13.1. The zero-order valence-corrected chi connectivity index (χ0v) is 13.1. The Morgan fingerprint density at radius 3 is 2.11 bits per heavy atom. The van der Waals surface area contributed by atoms with Gasteiger partial charge in [0.1, 0.15) is 5.60 Å². The summed E-state index contributed by atoms with van der Waals surface area (Å²) >= 11 is 0. The molecule has 0 saturated carbocycles. The zero-order chi connectivity index (χ0) is 14.0. The molecule has 0 rings (SSSR count). The van der Waals surface area contributed by atoms with Crippen molar-refractivity contribution in [3.05, 3.63) is 0 Å². The maximum atomic E-state index is 12.5. The van der Waals surface area contributed by atoms with Crippen LogP contribution in [-0.4, -0.2) is 18.0 Å². The molecule has 1 unspecified atom stereocenters. The molecule has 108 valence electrons. The van der Waals surface area contributed by atoms with Gasteiger partial charge in [0.2, 0.25) is 0 Å². The van der Waals surface area contributed by atoms with Crippen LogP contribution in [0.5, 0.6) is 0 Å². The predicted octanol–water partition coefficient (Wildman–Crippen LogP) is 4.76. The first-order valence-electron chi connectivity index (χ1n) is 7.77. The summed E-state index contributed by atoms with van der Waals surface area (Å²) < 4.78 is 5.79. The van der Waals surface area contributed by atoms with Gasteiger partial charge >= 0.3 is 0 Å². The van der Waals surface area contributed by atoms with E-state index in [1.54, 1.807) is 0 Å². The SMILES string of the molecule is CCCCC(CC)CC(=O)C(CC)(CC)OCC. The molecule has 2 nitrogen and oxygen atoms in total. The van der Waals surface area contributed by atoms with Gasteiger partial charge in [0.25, 0.3) is 0 Å². The number of carbonyl (C=O) groups excluding carboxylic acids is 1. The van der Waals surface area contributed by atoms with E-state index in [4.69, 9.17) is 4.74 Å². The van der Waals surface area contributed by atoms with Gasteiger partial charge in [-0.3, -0.25) is 4.79 Å². The van der Waals surface area contributed by atoms with Crippen molar-refractivity contribution in [3.8, 4) is 0 Å². The first-order valence-corrected chi connectivity index (χ1v) is 7.77. The summed E-state index contributed by atoms with van der Waals surface area (Å²) in [6.45, 7) is 11.1. The fraction of sp³-hybridized carbons (Fsp3) is 0.938. The lowest BCUT2D eigenvalue weighted by Gasteiger charge is -2.31. The van der Waals surface area contributed by atoms with Crippen LogP contribution < -0.4 is 0 Å².